The summed E-state index contributed by atoms with van der Waals surface area (Å²) in [5, 5.41) is 3.30. The summed E-state index contributed by atoms with van der Waals surface area (Å²) in [5.41, 5.74) is 0.699. The zero-order valence-electron chi connectivity index (χ0n) is 16.6. The summed E-state index contributed by atoms with van der Waals surface area (Å²) in [6.45, 7) is 0.0122. The fourth-order valence-electron chi connectivity index (χ4n) is 2.89. The van der Waals surface area contributed by atoms with Gasteiger partial charge in [-0.15, -0.1) is 0 Å². The van der Waals surface area contributed by atoms with Crippen molar-refractivity contribution in [3.05, 3.63) is 70.1 Å². The number of fused-ring (bicyclic) bond motifs is 1. The van der Waals surface area contributed by atoms with Crippen molar-refractivity contribution in [1.29, 1.82) is 0 Å². The Balaban J connectivity index is 1.56. The highest BCUT2D eigenvalue weighted by Gasteiger charge is 2.13. The minimum atomic E-state index is -0.550. The highest BCUT2D eigenvalue weighted by Crippen LogP contribution is 2.23. The largest absolute Gasteiger partial charge is 0.497 e. The van der Waals surface area contributed by atoms with Crippen LogP contribution in [0.2, 0.25) is 0 Å². The molecular formula is C22H21NO7. The van der Waals surface area contributed by atoms with Crippen molar-refractivity contribution in [3.63, 3.8) is 0 Å². The van der Waals surface area contributed by atoms with Gasteiger partial charge < -0.3 is 23.9 Å². The minimum absolute atomic E-state index is 0.0198. The molecule has 156 valence electrons. The second kappa shape index (κ2) is 9.60. The molecule has 0 atom stereocenters. The van der Waals surface area contributed by atoms with Crippen molar-refractivity contribution < 1.29 is 28.2 Å². The van der Waals surface area contributed by atoms with Gasteiger partial charge in [-0.05, 0) is 24.3 Å². The number of amides is 1. The molecule has 8 nitrogen and oxygen atoms in total. The SMILES string of the molecule is COc1ccc2c(COC(=O)CCNC(=O)c3ccccc3OC)cc(=O)oc2c1. The summed E-state index contributed by atoms with van der Waals surface area (Å²) in [7, 11) is 2.99. The standard InChI is InChI=1S/C22H21NO7/c1-27-15-7-8-16-14(11-21(25)30-19(16)12-15)13-29-20(24)9-10-23-22(26)17-5-3-4-6-18(17)28-2/h3-8,11-12H,9-10,13H2,1-2H3,(H,23,26). The van der Waals surface area contributed by atoms with Crippen LogP contribution in [0.15, 0.2) is 57.7 Å². The summed E-state index contributed by atoms with van der Waals surface area (Å²) < 4.78 is 20.7. The number of nitrogens with one attached hydrogen (secondary N) is 1. The van der Waals surface area contributed by atoms with Crippen molar-refractivity contribution in [2.75, 3.05) is 20.8 Å². The molecule has 1 N–H and O–H groups in total. The van der Waals surface area contributed by atoms with Crippen LogP contribution in [0.4, 0.5) is 0 Å². The number of methoxy groups -OCH3 is 2. The maximum Gasteiger partial charge on any atom is 0.336 e. The molecule has 0 aliphatic carbocycles. The maximum absolute atomic E-state index is 12.2. The molecule has 30 heavy (non-hydrogen) atoms. The number of benzene rings is 2. The van der Waals surface area contributed by atoms with Crippen LogP contribution in [-0.4, -0.2) is 32.6 Å². The molecule has 2 aromatic carbocycles. The lowest BCUT2D eigenvalue weighted by Crippen LogP contribution is -2.26. The average molecular weight is 411 g/mol. The van der Waals surface area contributed by atoms with Crippen LogP contribution in [-0.2, 0) is 16.1 Å². The van der Waals surface area contributed by atoms with Gasteiger partial charge >= 0.3 is 11.6 Å². The van der Waals surface area contributed by atoms with Crippen LogP contribution in [0, 0.1) is 0 Å². The first-order valence-electron chi connectivity index (χ1n) is 9.19. The van der Waals surface area contributed by atoms with Gasteiger partial charge in [0, 0.05) is 29.6 Å². The average Bonchev–Trinajstić information content (AvgIpc) is 2.76. The smallest absolute Gasteiger partial charge is 0.336 e. The maximum atomic E-state index is 12.2. The first-order valence-corrected chi connectivity index (χ1v) is 9.19. The Kier molecular flexibility index (Phi) is 6.69. The van der Waals surface area contributed by atoms with E-state index in [4.69, 9.17) is 18.6 Å². The first-order chi connectivity index (χ1) is 14.5. The third-order valence-corrected chi connectivity index (χ3v) is 4.39. The lowest BCUT2D eigenvalue weighted by molar-refractivity contribution is -0.144. The second-order valence-electron chi connectivity index (χ2n) is 6.32. The van der Waals surface area contributed by atoms with E-state index in [1.54, 1.807) is 42.5 Å². The van der Waals surface area contributed by atoms with Gasteiger partial charge in [0.05, 0.1) is 26.2 Å². The van der Waals surface area contributed by atoms with E-state index in [0.29, 0.717) is 33.6 Å². The highest BCUT2D eigenvalue weighted by molar-refractivity contribution is 5.97. The number of carbonyl (C=O) groups is 2. The van der Waals surface area contributed by atoms with E-state index in [1.807, 2.05) is 0 Å². The molecule has 0 aliphatic heterocycles. The van der Waals surface area contributed by atoms with Gasteiger partial charge in [-0.3, -0.25) is 9.59 Å². The summed E-state index contributed by atoms with van der Waals surface area (Å²) in [4.78, 5) is 36.1. The van der Waals surface area contributed by atoms with E-state index in [0.717, 1.165) is 0 Å². The zero-order valence-corrected chi connectivity index (χ0v) is 16.6. The van der Waals surface area contributed by atoms with Crippen molar-refractivity contribution in [2.45, 2.75) is 13.0 Å². The van der Waals surface area contributed by atoms with Crippen molar-refractivity contribution in [2.24, 2.45) is 0 Å². The summed E-state index contributed by atoms with van der Waals surface area (Å²) in [5.74, 6) is 0.140. The number of esters is 1. The molecule has 0 bridgehead atoms. The van der Waals surface area contributed by atoms with Gasteiger partial charge in [0.1, 0.15) is 23.7 Å². The lowest BCUT2D eigenvalue weighted by atomic mass is 10.1. The Hall–Kier alpha value is -3.81. The van der Waals surface area contributed by atoms with Gasteiger partial charge in [0.15, 0.2) is 0 Å². The normalized spacial score (nSPS) is 10.5. The van der Waals surface area contributed by atoms with Gasteiger partial charge in [0.25, 0.3) is 5.91 Å². The third kappa shape index (κ3) is 4.96. The van der Waals surface area contributed by atoms with Crippen molar-refractivity contribution in [1.82, 2.24) is 5.32 Å². The predicted molar refractivity (Wildman–Crippen MR) is 109 cm³/mol. The summed E-state index contributed by atoms with van der Waals surface area (Å²) in [6.07, 6.45) is -0.0198. The van der Waals surface area contributed by atoms with E-state index in [1.165, 1.54) is 20.3 Å². The number of hydrogen-bond donors (Lipinski definition) is 1. The Morgan fingerprint density at radius 2 is 1.83 bits per heavy atom. The number of ether oxygens (including phenoxy) is 3. The molecule has 0 spiro atoms. The molecule has 1 amide bonds. The molecule has 1 heterocycles. The van der Waals surface area contributed by atoms with Gasteiger partial charge in [0.2, 0.25) is 0 Å². The van der Waals surface area contributed by atoms with Crippen LogP contribution < -0.4 is 20.4 Å². The molecular weight excluding hydrogens is 390 g/mol. The Bertz CT molecular complexity index is 1120. The topological polar surface area (TPSA) is 104 Å². The van der Waals surface area contributed by atoms with E-state index in [2.05, 4.69) is 5.32 Å². The second-order valence-corrected chi connectivity index (χ2v) is 6.32. The highest BCUT2D eigenvalue weighted by atomic mass is 16.5. The Morgan fingerprint density at radius 3 is 2.60 bits per heavy atom. The molecule has 0 aliphatic rings. The van der Waals surface area contributed by atoms with Crippen LogP contribution >= 0.6 is 0 Å². The first kappa shape index (κ1) is 20.9. The fourth-order valence-corrected chi connectivity index (χ4v) is 2.89. The van der Waals surface area contributed by atoms with Crippen LogP contribution in [0.25, 0.3) is 11.0 Å². The minimum Gasteiger partial charge on any atom is -0.497 e. The third-order valence-electron chi connectivity index (χ3n) is 4.39. The number of para-hydroxylation sites is 1. The molecule has 3 rings (SSSR count). The fraction of sp³-hybridized carbons (Fsp3) is 0.227. The van der Waals surface area contributed by atoms with E-state index in [-0.39, 0.29) is 25.5 Å². The van der Waals surface area contributed by atoms with Crippen LogP contribution in [0.3, 0.4) is 0 Å². The Labute approximate surface area is 172 Å². The monoisotopic (exact) mass is 411 g/mol. The van der Waals surface area contributed by atoms with E-state index in [9.17, 15) is 14.4 Å². The van der Waals surface area contributed by atoms with E-state index < -0.39 is 11.6 Å². The molecule has 1 aromatic heterocycles. The number of carbonyl (C=O) groups excluding carboxylic acids is 2. The molecule has 0 saturated heterocycles. The zero-order chi connectivity index (χ0) is 21.5. The Morgan fingerprint density at radius 1 is 1.03 bits per heavy atom. The van der Waals surface area contributed by atoms with Crippen LogP contribution in [0.1, 0.15) is 22.3 Å². The summed E-state index contributed by atoms with van der Waals surface area (Å²) in [6, 6.07) is 13.1. The molecule has 0 saturated carbocycles. The molecule has 8 heteroatoms. The lowest BCUT2D eigenvalue weighted by Gasteiger charge is -2.10. The van der Waals surface area contributed by atoms with Gasteiger partial charge in [-0.25, -0.2) is 4.79 Å². The molecule has 3 aromatic rings. The van der Waals surface area contributed by atoms with Crippen molar-refractivity contribution in [3.8, 4) is 11.5 Å². The number of hydrogen-bond acceptors (Lipinski definition) is 7. The van der Waals surface area contributed by atoms with E-state index >= 15 is 0 Å². The number of rotatable bonds is 8. The van der Waals surface area contributed by atoms with Crippen LogP contribution in [0.5, 0.6) is 11.5 Å². The van der Waals surface area contributed by atoms with Gasteiger partial charge in [-0.2, -0.15) is 0 Å². The predicted octanol–water partition coefficient (Wildman–Crippen LogP) is 2.67. The molecule has 0 unspecified atom stereocenters. The quantitative estimate of drug-likeness (QED) is 0.449. The van der Waals surface area contributed by atoms with Crippen molar-refractivity contribution >= 4 is 22.8 Å². The summed E-state index contributed by atoms with van der Waals surface area (Å²) >= 11 is 0. The molecule has 0 radical (unpaired) electrons. The molecule has 0 fully saturated rings. The van der Waals surface area contributed by atoms with Gasteiger partial charge in [-0.1, -0.05) is 12.1 Å².